The van der Waals surface area contributed by atoms with Gasteiger partial charge >= 0.3 is 0 Å². The lowest BCUT2D eigenvalue weighted by atomic mass is 9.83. The Hall–Kier alpha value is -4.85. The molecule has 0 radical (unpaired) electrons. The molecule has 3 heterocycles. The first-order valence-electron chi connectivity index (χ1n) is 13.8. The van der Waals surface area contributed by atoms with E-state index >= 15 is 0 Å². The molecule has 42 heavy (non-hydrogen) atoms. The van der Waals surface area contributed by atoms with Crippen LogP contribution in [-0.2, 0) is 21.7 Å². The number of carbonyl (C=O) groups excluding carboxylic acids is 4. The molecule has 0 aliphatic carbocycles. The maximum Gasteiger partial charge on any atom is 0.262 e. The Kier molecular flexibility index (Phi) is 7.06. The molecular weight excluding hydrogens is 536 g/mol. The largest absolute Gasteiger partial charge is 0.457 e. The Morgan fingerprint density at radius 2 is 1.67 bits per heavy atom. The summed E-state index contributed by atoms with van der Waals surface area (Å²) in [7, 11) is 0. The van der Waals surface area contributed by atoms with Gasteiger partial charge in [0.15, 0.2) is 0 Å². The van der Waals surface area contributed by atoms with Gasteiger partial charge < -0.3 is 9.84 Å². The van der Waals surface area contributed by atoms with E-state index in [9.17, 15) is 24.3 Å². The van der Waals surface area contributed by atoms with Crippen molar-refractivity contribution in [3.63, 3.8) is 0 Å². The fraction of sp³-hybridized carbons (Fsp3) is 0.281. The topological polar surface area (TPSA) is 140 Å². The van der Waals surface area contributed by atoms with E-state index in [4.69, 9.17) is 10.00 Å². The van der Waals surface area contributed by atoms with Crippen molar-refractivity contribution in [3.05, 3.63) is 94.5 Å². The van der Waals surface area contributed by atoms with Crippen LogP contribution in [0.25, 0.3) is 0 Å². The van der Waals surface area contributed by atoms with E-state index in [-0.39, 0.29) is 24.0 Å². The number of benzene rings is 3. The van der Waals surface area contributed by atoms with Gasteiger partial charge in [-0.05, 0) is 78.9 Å². The zero-order valence-corrected chi connectivity index (χ0v) is 22.7. The number of hydrogen-bond donors (Lipinski definition) is 2. The Bertz CT molecular complexity index is 1640. The summed E-state index contributed by atoms with van der Waals surface area (Å²) in [6, 6.07) is 20.6. The standard InChI is InChI=1S/C32H28N4O6/c33-18-20-4-7-23(8-5-20)42-24-3-1-2-21(16-24)19-35-14-12-32(41,13-15-35)22-6-9-25-26(17-22)31(40)36(30(25)39)27-10-11-28(37)34-29(27)38/h1-9,16-17,27,41H,10-15,19H2,(H,34,37,38). The van der Waals surface area contributed by atoms with Crippen LogP contribution in [0, 0.1) is 11.3 Å². The van der Waals surface area contributed by atoms with E-state index in [2.05, 4.69) is 16.3 Å². The second-order valence-electron chi connectivity index (χ2n) is 10.9. The molecule has 3 aromatic rings. The van der Waals surface area contributed by atoms with Crippen LogP contribution >= 0.6 is 0 Å². The van der Waals surface area contributed by atoms with Gasteiger partial charge in [-0.1, -0.05) is 18.2 Å². The van der Waals surface area contributed by atoms with E-state index in [1.165, 1.54) is 0 Å². The molecule has 3 aliphatic rings. The number of aliphatic hydroxyl groups is 1. The molecule has 3 aliphatic heterocycles. The molecule has 2 fully saturated rings. The average molecular weight is 565 g/mol. The van der Waals surface area contributed by atoms with Crippen LogP contribution in [0.5, 0.6) is 11.5 Å². The predicted molar refractivity (Wildman–Crippen MR) is 149 cm³/mol. The number of fused-ring (bicyclic) bond motifs is 1. The van der Waals surface area contributed by atoms with Crippen molar-refractivity contribution in [2.45, 2.75) is 43.9 Å². The van der Waals surface area contributed by atoms with Crippen LogP contribution in [-0.4, -0.2) is 57.7 Å². The van der Waals surface area contributed by atoms with Crippen LogP contribution in [0.15, 0.2) is 66.7 Å². The molecule has 6 rings (SSSR count). The summed E-state index contributed by atoms with van der Waals surface area (Å²) in [5.41, 5.74) is 1.37. The molecule has 0 aromatic heterocycles. The summed E-state index contributed by atoms with van der Waals surface area (Å²) in [5.74, 6) is -0.900. The van der Waals surface area contributed by atoms with Gasteiger partial charge in [-0.2, -0.15) is 5.26 Å². The third-order valence-corrected chi connectivity index (χ3v) is 8.18. The number of nitriles is 1. The number of hydrogen-bond acceptors (Lipinski definition) is 8. The highest BCUT2D eigenvalue weighted by atomic mass is 16.5. The molecule has 2 saturated heterocycles. The van der Waals surface area contributed by atoms with Crippen molar-refractivity contribution < 1.29 is 29.0 Å². The Morgan fingerprint density at radius 3 is 2.38 bits per heavy atom. The molecule has 10 nitrogen and oxygen atoms in total. The minimum atomic E-state index is -1.17. The number of likely N-dealkylation sites (tertiary alicyclic amines) is 1. The monoisotopic (exact) mass is 564 g/mol. The number of nitrogens with one attached hydrogen (secondary N) is 1. The Balaban J connectivity index is 1.10. The lowest BCUT2D eigenvalue weighted by molar-refractivity contribution is -0.136. The zero-order valence-electron chi connectivity index (χ0n) is 22.7. The summed E-state index contributed by atoms with van der Waals surface area (Å²) in [6.07, 6.45) is 1.02. The summed E-state index contributed by atoms with van der Waals surface area (Å²) >= 11 is 0. The highest BCUT2D eigenvalue weighted by Crippen LogP contribution is 2.37. The van der Waals surface area contributed by atoms with Gasteiger partial charge in [0, 0.05) is 26.1 Å². The minimum Gasteiger partial charge on any atom is -0.457 e. The van der Waals surface area contributed by atoms with Gasteiger partial charge in [-0.15, -0.1) is 0 Å². The van der Waals surface area contributed by atoms with Gasteiger partial charge in [0.1, 0.15) is 17.5 Å². The average Bonchev–Trinajstić information content (AvgIpc) is 3.24. The molecule has 4 amide bonds. The summed E-state index contributed by atoms with van der Waals surface area (Å²) in [5, 5.41) is 22.7. The molecular formula is C32H28N4O6. The van der Waals surface area contributed by atoms with E-state index < -0.39 is 35.3 Å². The molecule has 0 spiro atoms. The second-order valence-corrected chi connectivity index (χ2v) is 10.9. The van der Waals surface area contributed by atoms with Crippen molar-refractivity contribution in [2.75, 3.05) is 13.1 Å². The number of rotatable bonds is 6. The number of carbonyl (C=O) groups is 4. The molecule has 1 unspecified atom stereocenters. The first-order valence-corrected chi connectivity index (χ1v) is 13.8. The van der Waals surface area contributed by atoms with Crippen molar-refractivity contribution in [1.82, 2.24) is 15.1 Å². The quantitative estimate of drug-likeness (QED) is 0.435. The summed E-state index contributed by atoms with van der Waals surface area (Å²) in [4.78, 5) is 53.3. The number of ether oxygens (including phenoxy) is 1. The first kappa shape index (κ1) is 27.3. The normalized spacial score (nSPS) is 20.2. The first-order chi connectivity index (χ1) is 20.2. The maximum absolute atomic E-state index is 13.2. The Labute approximate surface area is 242 Å². The number of imide groups is 2. The Morgan fingerprint density at radius 1 is 0.929 bits per heavy atom. The van der Waals surface area contributed by atoms with Gasteiger partial charge in [0.25, 0.3) is 11.8 Å². The van der Waals surface area contributed by atoms with E-state index in [0.717, 1.165) is 10.5 Å². The third kappa shape index (κ3) is 5.16. The number of amides is 4. The number of piperidine rings is 2. The fourth-order valence-corrected chi connectivity index (χ4v) is 5.83. The fourth-order valence-electron chi connectivity index (χ4n) is 5.83. The molecule has 212 valence electrons. The molecule has 2 N–H and O–H groups in total. The third-order valence-electron chi connectivity index (χ3n) is 8.18. The number of nitrogens with zero attached hydrogens (tertiary/aromatic N) is 3. The predicted octanol–water partition coefficient (Wildman–Crippen LogP) is 3.24. The lowest BCUT2D eigenvalue weighted by Gasteiger charge is -2.38. The smallest absolute Gasteiger partial charge is 0.262 e. The van der Waals surface area contributed by atoms with Gasteiger partial charge in [0.05, 0.1) is 28.4 Å². The van der Waals surface area contributed by atoms with Crippen LogP contribution in [0.2, 0.25) is 0 Å². The zero-order chi connectivity index (χ0) is 29.4. The van der Waals surface area contributed by atoms with Gasteiger partial charge in [-0.25, -0.2) is 0 Å². The van der Waals surface area contributed by atoms with Gasteiger partial charge in [0.2, 0.25) is 11.8 Å². The SMILES string of the molecule is N#Cc1ccc(Oc2cccc(CN3CCC(O)(c4ccc5c(c4)C(=O)N(C4CCC(=O)NC4=O)C5=O)CC3)c2)cc1. The second kappa shape index (κ2) is 10.9. The molecule has 0 saturated carbocycles. The maximum atomic E-state index is 13.2. The van der Waals surface area contributed by atoms with Crippen molar-refractivity contribution in [3.8, 4) is 17.6 Å². The van der Waals surface area contributed by atoms with Gasteiger partial charge in [-0.3, -0.25) is 34.3 Å². The molecule has 10 heteroatoms. The lowest BCUT2D eigenvalue weighted by Crippen LogP contribution is -2.54. The molecule has 1 atom stereocenters. The molecule has 0 bridgehead atoms. The van der Waals surface area contributed by atoms with Crippen LogP contribution in [0.3, 0.4) is 0 Å². The van der Waals surface area contributed by atoms with Crippen LogP contribution in [0.4, 0.5) is 0 Å². The van der Waals surface area contributed by atoms with Crippen molar-refractivity contribution in [2.24, 2.45) is 0 Å². The minimum absolute atomic E-state index is 0.0553. The van der Waals surface area contributed by atoms with Crippen LogP contribution in [0.1, 0.15) is 63.1 Å². The van der Waals surface area contributed by atoms with E-state index in [0.29, 0.717) is 55.1 Å². The summed E-state index contributed by atoms with van der Waals surface area (Å²) in [6.45, 7) is 1.89. The van der Waals surface area contributed by atoms with Crippen molar-refractivity contribution >= 4 is 23.6 Å². The van der Waals surface area contributed by atoms with E-state index in [1.807, 2.05) is 24.3 Å². The highest BCUT2D eigenvalue weighted by molar-refractivity contribution is 6.23. The summed E-state index contributed by atoms with van der Waals surface area (Å²) < 4.78 is 5.95. The van der Waals surface area contributed by atoms with Crippen LogP contribution < -0.4 is 10.1 Å². The van der Waals surface area contributed by atoms with E-state index in [1.54, 1.807) is 42.5 Å². The highest BCUT2D eigenvalue weighted by Gasteiger charge is 2.45. The molecule has 3 aromatic carbocycles. The van der Waals surface area contributed by atoms with Crippen molar-refractivity contribution in [1.29, 1.82) is 5.26 Å².